The van der Waals surface area contributed by atoms with Gasteiger partial charge in [-0.05, 0) is 93.0 Å². The summed E-state index contributed by atoms with van der Waals surface area (Å²) in [6.45, 7) is 0. The van der Waals surface area contributed by atoms with Gasteiger partial charge in [0, 0.05) is 27.6 Å². The lowest BCUT2D eigenvalue weighted by Crippen LogP contribution is -2.12. The largest absolute Gasteiger partial charge is 0.309 e. The van der Waals surface area contributed by atoms with Gasteiger partial charge in [0.25, 0.3) is 0 Å². The fraction of sp³-hybridized carbons (Fsp3) is 0. The lowest BCUT2D eigenvalue weighted by atomic mass is 9.93. The first-order valence-corrected chi connectivity index (χ1v) is 21.3. The summed E-state index contributed by atoms with van der Waals surface area (Å²) in [5, 5.41) is 2.38. The molecular weight excluding hydrogens is 749 g/mol. The average Bonchev–Trinajstić information content (AvgIpc) is 3.70. The molecule has 0 spiro atoms. The van der Waals surface area contributed by atoms with E-state index in [1.54, 1.807) is 0 Å². The minimum atomic E-state index is 1.08. The van der Waals surface area contributed by atoms with Crippen molar-refractivity contribution >= 4 is 38.9 Å². The number of aromatic nitrogens is 1. The molecule has 11 aromatic rings. The van der Waals surface area contributed by atoms with Crippen LogP contribution in [0.25, 0.3) is 83.1 Å². The van der Waals surface area contributed by atoms with E-state index >= 15 is 0 Å². The van der Waals surface area contributed by atoms with E-state index in [4.69, 9.17) is 0 Å². The van der Waals surface area contributed by atoms with Crippen LogP contribution in [0.1, 0.15) is 0 Å². The second-order valence-corrected chi connectivity index (χ2v) is 15.7. The molecule has 0 fully saturated rings. The van der Waals surface area contributed by atoms with E-state index < -0.39 is 0 Å². The lowest BCUT2D eigenvalue weighted by molar-refractivity contribution is 1.18. The molecule has 1 aromatic heterocycles. The summed E-state index contributed by atoms with van der Waals surface area (Å²) >= 11 is 0. The summed E-state index contributed by atoms with van der Waals surface area (Å²) in [4.78, 5) is 2.49. The molecular formula is C60H42N2. The fourth-order valence-electron chi connectivity index (χ4n) is 9.17. The van der Waals surface area contributed by atoms with Crippen molar-refractivity contribution in [3.63, 3.8) is 0 Å². The molecule has 0 aliphatic carbocycles. The van der Waals surface area contributed by atoms with Gasteiger partial charge < -0.3 is 9.47 Å². The minimum Gasteiger partial charge on any atom is -0.309 e. The minimum absolute atomic E-state index is 1.08. The van der Waals surface area contributed by atoms with E-state index in [1.807, 2.05) is 0 Å². The first-order chi connectivity index (χ1) is 30.8. The second-order valence-electron chi connectivity index (χ2n) is 15.7. The van der Waals surface area contributed by atoms with Gasteiger partial charge in [-0.2, -0.15) is 0 Å². The standard InChI is InChI=1S/C60H42N2/c1-6-21-43(22-7-1)48-37-40-57(54(41-48)47-29-14-5-15-30-47)62-56-34-19-17-32-52(56)60-58(35-20-36-59(60)62)61(55-33-18-16-31-51(55)45-25-10-3-11-26-45)49-38-39-50(44-23-8-2-9-24-44)53(42-49)46-27-12-4-13-28-46/h1-42H. The zero-order chi connectivity index (χ0) is 41.2. The van der Waals surface area contributed by atoms with Crippen LogP contribution in [-0.4, -0.2) is 4.57 Å². The predicted octanol–water partition coefficient (Wildman–Crippen LogP) is 16.6. The van der Waals surface area contributed by atoms with Gasteiger partial charge in [-0.15, -0.1) is 0 Å². The van der Waals surface area contributed by atoms with Crippen LogP contribution >= 0.6 is 0 Å². The van der Waals surface area contributed by atoms with Crippen molar-refractivity contribution in [3.05, 3.63) is 255 Å². The normalized spacial score (nSPS) is 11.2. The van der Waals surface area contributed by atoms with Gasteiger partial charge in [0.2, 0.25) is 0 Å². The summed E-state index contributed by atoms with van der Waals surface area (Å²) in [6.07, 6.45) is 0. The van der Waals surface area contributed by atoms with E-state index in [0.717, 1.165) is 44.9 Å². The molecule has 2 nitrogen and oxygen atoms in total. The number of para-hydroxylation sites is 2. The van der Waals surface area contributed by atoms with Crippen LogP contribution in [0.3, 0.4) is 0 Å². The molecule has 0 unspecified atom stereocenters. The molecule has 11 rings (SSSR count). The Morgan fingerprint density at radius 2 is 0.774 bits per heavy atom. The fourth-order valence-corrected chi connectivity index (χ4v) is 9.17. The quantitative estimate of drug-likeness (QED) is 0.141. The van der Waals surface area contributed by atoms with E-state index in [1.165, 1.54) is 55.3 Å². The Morgan fingerprint density at radius 1 is 0.274 bits per heavy atom. The van der Waals surface area contributed by atoms with Crippen LogP contribution < -0.4 is 4.90 Å². The Labute approximate surface area is 362 Å². The molecule has 0 N–H and O–H groups in total. The van der Waals surface area contributed by atoms with Crippen molar-refractivity contribution in [1.29, 1.82) is 0 Å². The third-order valence-electron chi connectivity index (χ3n) is 12.0. The molecule has 62 heavy (non-hydrogen) atoms. The highest BCUT2D eigenvalue weighted by Gasteiger charge is 2.25. The molecule has 0 radical (unpaired) electrons. The molecule has 0 saturated carbocycles. The number of hydrogen-bond acceptors (Lipinski definition) is 1. The number of nitrogens with zero attached hydrogens (tertiary/aromatic N) is 2. The van der Waals surface area contributed by atoms with Gasteiger partial charge in [-0.1, -0.05) is 206 Å². The van der Waals surface area contributed by atoms with Crippen molar-refractivity contribution in [2.24, 2.45) is 0 Å². The highest BCUT2D eigenvalue weighted by Crippen LogP contribution is 2.48. The average molecular weight is 791 g/mol. The monoisotopic (exact) mass is 790 g/mol. The molecule has 0 saturated heterocycles. The summed E-state index contributed by atoms with van der Waals surface area (Å²) in [7, 11) is 0. The topological polar surface area (TPSA) is 8.17 Å². The maximum absolute atomic E-state index is 2.49. The zero-order valence-electron chi connectivity index (χ0n) is 34.1. The van der Waals surface area contributed by atoms with Crippen molar-refractivity contribution in [1.82, 2.24) is 4.57 Å². The smallest absolute Gasteiger partial charge is 0.0562 e. The number of anilines is 3. The number of benzene rings is 10. The van der Waals surface area contributed by atoms with Gasteiger partial charge in [-0.3, -0.25) is 0 Å². The van der Waals surface area contributed by atoms with Crippen LogP contribution in [0.15, 0.2) is 255 Å². The molecule has 0 amide bonds. The van der Waals surface area contributed by atoms with E-state index in [2.05, 4.69) is 264 Å². The van der Waals surface area contributed by atoms with Crippen LogP contribution in [0, 0.1) is 0 Å². The number of fused-ring (bicyclic) bond motifs is 3. The molecule has 0 bridgehead atoms. The van der Waals surface area contributed by atoms with Gasteiger partial charge in [-0.25, -0.2) is 0 Å². The van der Waals surface area contributed by atoms with Crippen LogP contribution in [-0.2, 0) is 0 Å². The molecule has 0 aliphatic heterocycles. The number of rotatable bonds is 9. The van der Waals surface area contributed by atoms with Gasteiger partial charge in [0.05, 0.1) is 28.1 Å². The van der Waals surface area contributed by atoms with Crippen LogP contribution in [0.4, 0.5) is 17.1 Å². The van der Waals surface area contributed by atoms with Crippen LogP contribution in [0.2, 0.25) is 0 Å². The van der Waals surface area contributed by atoms with E-state index in [-0.39, 0.29) is 0 Å². The SMILES string of the molecule is c1ccc(-c2ccc(-n3c4ccccc4c4c(N(c5ccc(-c6ccccc6)c(-c6ccccc6)c5)c5ccccc5-c5ccccc5)cccc43)c(-c3ccccc3)c2)cc1. The Kier molecular flexibility index (Phi) is 9.57. The first kappa shape index (κ1) is 36.8. The highest BCUT2D eigenvalue weighted by atomic mass is 15.2. The van der Waals surface area contributed by atoms with E-state index in [9.17, 15) is 0 Å². The Bertz CT molecular complexity index is 3320. The maximum atomic E-state index is 2.49. The maximum Gasteiger partial charge on any atom is 0.0562 e. The number of hydrogen-bond donors (Lipinski definition) is 0. The third kappa shape index (κ3) is 6.65. The van der Waals surface area contributed by atoms with Gasteiger partial charge in [0.15, 0.2) is 0 Å². The Balaban J connectivity index is 1.21. The van der Waals surface area contributed by atoms with Crippen molar-refractivity contribution in [2.45, 2.75) is 0 Å². The predicted molar refractivity (Wildman–Crippen MR) is 263 cm³/mol. The molecule has 0 aliphatic rings. The Morgan fingerprint density at radius 3 is 1.44 bits per heavy atom. The molecule has 292 valence electrons. The van der Waals surface area contributed by atoms with Gasteiger partial charge >= 0.3 is 0 Å². The summed E-state index contributed by atoms with van der Waals surface area (Å²) in [5.41, 5.74) is 18.5. The molecule has 0 atom stereocenters. The first-order valence-electron chi connectivity index (χ1n) is 21.3. The lowest BCUT2D eigenvalue weighted by Gasteiger charge is -2.29. The van der Waals surface area contributed by atoms with Crippen molar-refractivity contribution in [3.8, 4) is 61.3 Å². The highest BCUT2D eigenvalue weighted by molar-refractivity contribution is 6.17. The third-order valence-corrected chi connectivity index (χ3v) is 12.0. The molecule has 1 heterocycles. The van der Waals surface area contributed by atoms with E-state index in [0.29, 0.717) is 0 Å². The van der Waals surface area contributed by atoms with Gasteiger partial charge in [0.1, 0.15) is 0 Å². The summed E-state index contributed by atoms with van der Waals surface area (Å²) < 4.78 is 2.47. The van der Waals surface area contributed by atoms with Crippen molar-refractivity contribution in [2.75, 3.05) is 4.90 Å². The summed E-state index contributed by atoms with van der Waals surface area (Å²) in [6, 6.07) is 92.2. The second kappa shape index (κ2) is 16.1. The molecule has 10 aromatic carbocycles. The zero-order valence-corrected chi connectivity index (χ0v) is 34.1. The Hall–Kier alpha value is -8.20. The molecule has 2 heteroatoms. The van der Waals surface area contributed by atoms with Crippen LogP contribution in [0.5, 0.6) is 0 Å². The van der Waals surface area contributed by atoms with Crippen molar-refractivity contribution < 1.29 is 0 Å². The summed E-state index contributed by atoms with van der Waals surface area (Å²) in [5.74, 6) is 0.